The van der Waals surface area contributed by atoms with E-state index in [0.29, 0.717) is 12.3 Å². The number of carbonyl (C=O) groups is 1. The minimum atomic E-state index is -4.77. The summed E-state index contributed by atoms with van der Waals surface area (Å²) in [5.41, 5.74) is -3.97. The molecule has 0 spiro atoms. The van der Waals surface area contributed by atoms with Crippen molar-refractivity contribution in [1.29, 1.82) is 0 Å². The van der Waals surface area contributed by atoms with Crippen LogP contribution in [0.1, 0.15) is 18.5 Å². The van der Waals surface area contributed by atoms with Crippen LogP contribution in [-0.2, 0) is 11.0 Å². The van der Waals surface area contributed by atoms with E-state index in [1.54, 1.807) is 0 Å². The fourth-order valence-corrected chi connectivity index (χ4v) is 1.62. The van der Waals surface area contributed by atoms with E-state index in [1.165, 1.54) is 0 Å². The Morgan fingerprint density at radius 3 is 2.50 bits per heavy atom. The van der Waals surface area contributed by atoms with Crippen molar-refractivity contribution in [2.75, 3.05) is 5.32 Å². The van der Waals surface area contributed by atoms with Crippen LogP contribution < -0.4 is 5.32 Å². The Morgan fingerprint density at radius 2 is 2.10 bits per heavy atom. The van der Waals surface area contributed by atoms with Crippen molar-refractivity contribution in [3.8, 4) is 0 Å². The van der Waals surface area contributed by atoms with Gasteiger partial charge in [0, 0.05) is 0 Å². The molecule has 0 radical (unpaired) electrons. The van der Waals surface area contributed by atoms with Crippen LogP contribution in [0.25, 0.3) is 0 Å². The molecule has 1 saturated carbocycles. The molecule has 1 heterocycles. The normalized spacial score (nSPS) is 16.6. The summed E-state index contributed by atoms with van der Waals surface area (Å²) in [4.78, 5) is 23.8. The molecule has 7 nitrogen and oxygen atoms in total. The summed E-state index contributed by atoms with van der Waals surface area (Å²) in [6, 6.07) is 0.446. The Morgan fingerprint density at radius 1 is 1.50 bits per heavy atom. The molecule has 1 aromatic heterocycles. The standard InChI is InChI=1S/C10H8F3N3O4/c11-10(12,13)7-3-5(6(4-14-7)16(19)20)15-9(1-2-9)8(17)18/h3-4H,1-2H2,(H,14,15)(H,17,18). The Kier molecular flexibility index (Phi) is 3.03. The predicted octanol–water partition coefficient (Wildman–Crippen LogP) is 2.04. The van der Waals surface area contributed by atoms with Crippen LogP contribution in [0.5, 0.6) is 0 Å². The average Bonchev–Trinajstić information content (AvgIpc) is 3.08. The first-order valence-corrected chi connectivity index (χ1v) is 5.39. The number of carboxylic acids is 1. The number of alkyl halides is 3. The molecular weight excluding hydrogens is 283 g/mol. The van der Waals surface area contributed by atoms with Gasteiger partial charge in [-0.15, -0.1) is 0 Å². The molecule has 0 amide bonds. The number of aliphatic carboxylic acids is 1. The summed E-state index contributed by atoms with van der Waals surface area (Å²) in [7, 11) is 0. The number of hydrogen-bond donors (Lipinski definition) is 2. The van der Waals surface area contributed by atoms with Crippen molar-refractivity contribution in [3.05, 3.63) is 28.1 Å². The van der Waals surface area contributed by atoms with Crippen molar-refractivity contribution < 1.29 is 28.0 Å². The number of pyridine rings is 1. The molecule has 0 unspecified atom stereocenters. The fraction of sp³-hybridized carbons (Fsp3) is 0.400. The van der Waals surface area contributed by atoms with E-state index in [-0.39, 0.29) is 12.8 Å². The van der Waals surface area contributed by atoms with E-state index in [1.807, 2.05) is 0 Å². The molecule has 2 N–H and O–H groups in total. The van der Waals surface area contributed by atoms with Gasteiger partial charge in [-0.05, 0) is 18.9 Å². The Hall–Kier alpha value is -2.39. The topological polar surface area (TPSA) is 105 Å². The fourth-order valence-electron chi connectivity index (χ4n) is 1.62. The monoisotopic (exact) mass is 291 g/mol. The smallest absolute Gasteiger partial charge is 0.433 e. The molecule has 2 rings (SSSR count). The molecule has 0 atom stereocenters. The van der Waals surface area contributed by atoms with Crippen LogP contribution in [-0.4, -0.2) is 26.5 Å². The molecule has 108 valence electrons. The Bertz CT molecular complexity index is 584. The highest BCUT2D eigenvalue weighted by atomic mass is 19.4. The lowest BCUT2D eigenvalue weighted by Gasteiger charge is -2.15. The molecule has 0 aromatic carbocycles. The SMILES string of the molecule is O=C(O)C1(Nc2cc(C(F)(F)F)ncc2[N+](=O)[O-])CC1. The van der Waals surface area contributed by atoms with Crippen LogP contribution in [0.4, 0.5) is 24.5 Å². The third kappa shape index (κ3) is 2.49. The van der Waals surface area contributed by atoms with Gasteiger partial charge in [0.25, 0.3) is 0 Å². The zero-order valence-electron chi connectivity index (χ0n) is 9.77. The van der Waals surface area contributed by atoms with Gasteiger partial charge in [0.05, 0.1) is 4.92 Å². The maximum Gasteiger partial charge on any atom is 0.433 e. The number of aromatic nitrogens is 1. The number of nitrogens with zero attached hydrogens (tertiary/aromatic N) is 2. The average molecular weight is 291 g/mol. The first-order chi connectivity index (χ1) is 9.16. The molecule has 1 aliphatic rings. The number of carboxylic acid groups (broad SMARTS) is 1. The van der Waals surface area contributed by atoms with Gasteiger partial charge in [0.1, 0.15) is 23.1 Å². The number of hydrogen-bond acceptors (Lipinski definition) is 5. The third-order valence-corrected chi connectivity index (χ3v) is 2.90. The van der Waals surface area contributed by atoms with E-state index in [4.69, 9.17) is 5.11 Å². The van der Waals surface area contributed by atoms with E-state index >= 15 is 0 Å². The zero-order valence-corrected chi connectivity index (χ0v) is 9.77. The van der Waals surface area contributed by atoms with Gasteiger partial charge in [-0.25, -0.2) is 9.78 Å². The highest BCUT2D eigenvalue weighted by molar-refractivity contribution is 5.87. The minimum Gasteiger partial charge on any atom is -0.480 e. The van der Waals surface area contributed by atoms with Gasteiger partial charge in [0.15, 0.2) is 0 Å². The van der Waals surface area contributed by atoms with Crippen molar-refractivity contribution in [2.24, 2.45) is 0 Å². The minimum absolute atomic E-state index is 0.184. The Labute approximate surface area is 109 Å². The van der Waals surface area contributed by atoms with E-state index in [0.717, 1.165) is 0 Å². The lowest BCUT2D eigenvalue weighted by atomic mass is 10.2. The predicted molar refractivity (Wildman–Crippen MR) is 59.1 cm³/mol. The van der Waals surface area contributed by atoms with Crippen LogP contribution in [0, 0.1) is 10.1 Å². The van der Waals surface area contributed by atoms with Gasteiger partial charge in [-0.2, -0.15) is 13.2 Å². The molecule has 1 fully saturated rings. The van der Waals surface area contributed by atoms with Gasteiger partial charge in [-0.1, -0.05) is 0 Å². The first kappa shape index (κ1) is 14.0. The molecule has 20 heavy (non-hydrogen) atoms. The van der Waals surface area contributed by atoms with E-state index in [9.17, 15) is 28.1 Å². The highest BCUT2D eigenvalue weighted by Crippen LogP contribution is 2.42. The second-order valence-corrected chi connectivity index (χ2v) is 4.35. The number of anilines is 1. The molecular formula is C10H8F3N3O4. The van der Waals surface area contributed by atoms with Crippen LogP contribution in [0.3, 0.4) is 0 Å². The molecule has 10 heteroatoms. The molecule has 0 bridgehead atoms. The van der Waals surface area contributed by atoms with E-state index in [2.05, 4.69) is 10.3 Å². The maximum atomic E-state index is 12.5. The summed E-state index contributed by atoms with van der Waals surface area (Å²) in [5.74, 6) is -1.27. The lowest BCUT2D eigenvalue weighted by molar-refractivity contribution is -0.384. The number of halogens is 3. The number of rotatable bonds is 4. The summed E-state index contributed by atoms with van der Waals surface area (Å²) < 4.78 is 37.6. The highest BCUT2D eigenvalue weighted by Gasteiger charge is 2.51. The van der Waals surface area contributed by atoms with Crippen molar-refractivity contribution >= 4 is 17.3 Å². The first-order valence-electron chi connectivity index (χ1n) is 5.39. The number of nitro groups is 1. The summed E-state index contributed by atoms with van der Waals surface area (Å²) in [5, 5.41) is 22.0. The molecule has 1 aliphatic carbocycles. The Balaban J connectivity index is 2.43. The van der Waals surface area contributed by atoms with Crippen molar-refractivity contribution in [3.63, 3.8) is 0 Å². The summed E-state index contributed by atoms with van der Waals surface area (Å²) in [6.45, 7) is 0. The maximum absolute atomic E-state index is 12.5. The zero-order chi connectivity index (χ0) is 15.1. The largest absolute Gasteiger partial charge is 0.480 e. The van der Waals surface area contributed by atoms with Gasteiger partial charge < -0.3 is 10.4 Å². The number of nitrogens with one attached hydrogen (secondary N) is 1. The van der Waals surface area contributed by atoms with E-state index < -0.39 is 39.7 Å². The lowest BCUT2D eigenvalue weighted by Crippen LogP contribution is -2.31. The molecule has 0 saturated heterocycles. The molecule has 1 aromatic rings. The summed E-state index contributed by atoms with van der Waals surface area (Å²) in [6.07, 6.45) is -3.94. The third-order valence-electron chi connectivity index (χ3n) is 2.90. The molecule has 0 aliphatic heterocycles. The summed E-state index contributed by atoms with van der Waals surface area (Å²) >= 11 is 0. The quantitative estimate of drug-likeness (QED) is 0.649. The van der Waals surface area contributed by atoms with Crippen LogP contribution >= 0.6 is 0 Å². The second-order valence-electron chi connectivity index (χ2n) is 4.35. The van der Waals surface area contributed by atoms with Gasteiger partial charge >= 0.3 is 17.8 Å². The van der Waals surface area contributed by atoms with Gasteiger partial charge in [0.2, 0.25) is 0 Å². The van der Waals surface area contributed by atoms with Gasteiger partial charge in [-0.3, -0.25) is 10.1 Å². The van der Waals surface area contributed by atoms with Crippen molar-refractivity contribution in [1.82, 2.24) is 4.98 Å². The van der Waals surface area contributed by atoms with Crippen molar-refractivity contribution in [2.45, 2.75) is 24.6 Å². The second kappa shape index (κ2) is 4.32. The van der Waals surface area contributed by atoms with Crippen LogP contribution in [0.2, 0.25) is 0 Å². The van der Waals surface area contributed by atoms with Crippen LogP contribution in [0.15, 0.2) is 12.3 Å².